The van der Waals surface area contributed by atoms with E-state index in [-0.39, 0.29) is 23.9 Å². The minimum atomic E-state index is -1.05. The van der Waals surface area contributed by atoms with Gasteiger partial charge in [-0.3, -0.25) is 9.59 Å². The molecule has 9 nitrogen and oxygen atoms in total. The fourth-order valence-corrected chi connectivity index (χ4v) is 3.75. The van der Waals surface area contributed by atoms with Crippen LogP contribution in [0.25, 0.3) is 0 Å². The third kappa shape index (κ3) is 3.69. The smallest absolute Gasteiger partial charge is 0.291 e. The molecule has 5 rings (SSSR count). The van der Waals surface area contributed by atoms with Gasteiger partial charge in [0.1, 0.15) is 30.2 Å². The van der Waals surface area contributed by atoms with E-state index in [0.717, 1.165) is 5.56 Å². The summed E-state index contributed by atoms with van der Waals surface area (Å²) < 4.78 is 27.3. The molecule has 2 N–H and O–H groups in total. The lowest BCUT2D eigenvalue weighted by Crippen LogP contribution is -2.46. The van der Waals surface area contributed by atoms with E-state index in [4.69, 9.17) is 9.47 Å². The number of carbonyl (C=O) groups excluding carboxylic acids is 2. The van der Waals surface area contributed by atoms with Crippen molar-refractivity contribution in [2.45, 2.75) is 25.6 Å². The molecular formula is C22H20FN5O4. The number of nitrogens with one attached hydrogen (secondary N) is 2. The van der Waals surface area contributed by atoms with E-state index in [9.17, 15) is 14.0 Å². The largest absolute Gasteiger partial charge is 0.489 e. The second-order valence-corrected chi connectivity index (χ2v) is 7.62. The normalized spacial score (nSPS) is 19.8. The topological polar surface area (TPSA) is 107 Å². The number of carbonyl (C=O) groups is 2. The molecule has 1 aromatic heterocycles. The van der Waals surface area contributed by atoms with Gasteiger partial charge in [-0.2, -0.15) is 0 Å². The number of fused-ring (bicyclic) bond motifs is 2. The Bertz CT molecular complexity index is 1200. The number of halogens is 1. The second-order valence-electron chi connectivity index (χ2n) is 7.62. The van der Waals surface area contributed by atoms with Crippen LogP contribution in [0.4, 0.5) is 10.1 Å². The Kier molecular flexibility index (Phi) is 5.06. The van der Waals surface area contributed by atoms with Crippen LogP contribution < -0.4 is 15.4 Å². The molecular weight excluding hydrogens is 417 g/mol. The summed E-state index contributed by atoms with van der Waals surface area (Å²) in [6.07, 6.45) is -0.441. The number of hydrogen-bond donors (Lipinski definition) is 2. The highest BCUT2D eigenvalue weighted by Gasteiger charge is 2.32. The van der Waals surface area contributed by atoms with E-state index in [1.54, 1.807) is 17.7 Å². The minimum Gasteiger partial charge on any atom is -0.489 e. The molecule has 3 aromatic rings. The Hall–Kier alpha value is -3.79. The molecule has 3 heterocycles. The molecule has 10 heteroatoms. The Balaban J connectivity index is 1.34. The molecule has 164 valence electrons. The lowest BCUT2D eigenvalue weighted by atomic mass is 10.1. The van der Waals surface area contributed by atoms with Crippen LogP contribution in [-0.2, 0) is 16.1 Å². The average Bonchev–Trinajstić information content (AvgIpc) is 3.17. The SMILES string of the molecule is Cc1cc(F)c2c(c1)OC[C@H](NC(=O)c1nc3n(n1)CCO[C@@H]3c1ccccc1)C(=O)N2. The second kappa shape index (κ2) is 8.04. The minimum absolute atomic E-state index is 0.0456. The van der Waals surface area contributed by atoms with E-state index < -0.39 is 29.8 Å². The number of benzene rings is 2. The van der Waals surface area contributed by atoms with E-state index >= 15 is 0 Å². The van der Waals surface area contributed by atoms with Crippen LogP contribution in [-0.4, -0.2) is 45.8 Å². The van der Waals surface area contributed by atoms with Crippen LogP contribution in [0.3, 0.4) is 0 Å². The summed E-state index contributed by atoms with van der Waals surface area (Å²) in [4.78, 5) is 29.8. The quantitative estimate of drug-likeness (QED) is 0.649. The van der Waals surface area contributed by atoms with E-state index in [1.165, 1.54) is 6.07 Å². The van der Waals surface area contributed by atoms with Gasteiger partial charge < -0.3 is 20.1 Å². The summed E-state index contributed by atoms with van der Waals surface area (Å²) in [6, 6.07) is 11.4. The van der Waals surface area contributed by atoms with Crippen LogP contribution in [0, 0.1) is 12.7 Å². The van der Waals surface area contributed by atoms with E-state index in [2.05, 4.69) is 20.7 Å². The number of ether oxygens (including phenoxy) is 2. The van der Waals surface area contributed by atoms with Crippen molar-refractivity contribution in [2.75, 3.05) is 18.5 Å². The van der Waals surface area contributed by atoms with Crippen LogP contribution >= 0.6 is 0 Å². The van der Waals surface area contributed by atoms with Gasteiger partial charge in [-0.15, -0.1) is 5.10 Å². The number of amides is 2. The van der Waals surface area contributed by atoms with Gasteiger partial charge in [0.15, 0.2) is 11.6 Å². The number of hydrogen-bond acceptors (Lipinski definition) is 6. The zero-order valence-corrected chi connectivity index (χ0v) is 17.2. The first-order valence-electron chi connectivity index (χ1n) is 10.2. The predicted molar refractivity (Wildman–Crippen MR) is 111 cm³/mol. The van der Waals surface area contributed by atoms with E-state index in [1.807, 2.05) is 30.3 Å². The predicted octanol–water partition coefficient (Wildman–Crippen LogP) is 1.97. The van der Waals surface area contributed by atoms with Gasteiger partial charge >= 0.3 is 0 Å². The summed E-state index contributed by atoms with van der Waals surface area (Å²) in [5.41, 5.74) is 1.51. The van der Waals surface area contributed by atoms with Gasteiger partial charge in [0.25, 0.3) is 11.8 Å². The van der Waals surface area contributed by atoms with Crippen molar-refractivity contribution in [1.29, 1.82) is 0 Å². The van der Waals surface area contributed by atoms with Crippen molar-refractivity contribution < 1.29 is 23.5 Å². The third-order valence-electron chi connectivity index (χ3n) is 5.30. The number of anilines is 1. The highest BCUT2D eigenvalue weighted by atomic mass is 19.1. The van der Waals surface area contributed by atoms with Gasteiger partial charge in [-0.05, 0) is 30.2 Å². The summed E-state index contributed by atoms with van der Waals surface area (Å²) >= 11 is 0. The lowest BCUT2D eigenvalue weighted by Gasteiger charge is -2.22. The first kappa shape index (κ1) is 20.1. The highest BCUT2D eigenvalue weighted by Crippen LogP contribution is 2.31. The van der Waals surface area contributed by atoms with Crippen molar-refractivity contribution in [2.24, 2.45) is 0 Å². The fraction of sp³-hybridized carbons (Fsp3) is 0.273. The molecule has 32 heavy (non-hydrogen) atoms. The fourth-order valence-electron chi connectivity index (χ4n) is 3.75. The Morgan fingerprint density at radius 1 is 1.28 bits per heavy atom. The maximum atomic E-state index is 14.2. The van der Waals surface area contributed by atoms with Crippen LogP contribution in [0.1, 0.15) is 33.7 Å². The van der Waals surface area contributed by atoms with Gasteiger partial charge in [-0.1, -0.05) is 30.3 Å². The Labute approximate surface area is 182 Å². The maximum Gasteiger partial charge on any atom is 0.291 e. The Morgan fingerprint density at radius 2 is 2.09 bits per heavy atom. The molecule has 2 aliphatic rings. The summed E-state index contributed by atoms with van der Waals surface area (Å²) in [7, 11) is 0. The maximum absolute atomic E-state index is 14.2. The van der Waals surface area contributed by atoms with Gasteiger partial charge in [0, 0.05) is 0 Å². The monoisotopic (exact) mass is 437 g/mol. The molecule has 0 fully saturated rings. The lowest BCUT2D eigenvalue weighted by molar-refractivity contribution is -0.118. The Morgan fingerprint density at radius 3 is 2.91 bits per heavy atom. The van der Waals surface area contributed by atoms with Crippen LogP contribution in [0.15, 0.2) is 42.5 Å². The molecule has 2 atom stereocenters. The number of nitrogens with zero attached hydrogens (tertiary/aromatic N) is 3. The van der Waals surface area contributed by atoms with Crippen LogP contribution in [0.5, 0.6) is 5.75 Å². The molecule has 0 unspecified atom stereocenters. The zero-order chi connectivity index (χ0) is 22.2. The number of aromatic nitrogens is 3. The molecule has 0 spiro atoms. The van der Waals surface area contributed by atoms with E-state index in [0.29, 0.717) is 24.5 Å². The number of rotatable bonds is 3. The molecule has 2 aromatic carbocycles. The molecule has 0 bridgehead atoms. The molecule has 0 saturated heterocycles. The summed E-state index contributed by atoms with van der Waals surface area (Å²) in [6.45, 7) is 2.45. The average molecular weight is 437 g/mol. The third-order valence-corrected chi connectivity index (χ3v) is 5.30. The molecule has 2 amide bonds. The summed E-state index contributed by atoms with van der Waals surface area (Å²) in [5, 5.41) is 9.35. The molecule has 0 radical (unpaired) electrons. The van der Waals surface area contributed by atoms with Gasteiger partial charge in [-0.25, -0.2) is 14.1 Å². The molecule has 2 aliphatic heterocycles. The first-order valence-corrected chi connectivity index (χ1v) is 10.2. The van der Waals surface area contributed by atoms with Crippen molar-refractivity contribution in [3.63, 3.8) is 0 Å². The molecule has 0 aliphatic carbocycles. The first-order chi connectivity index (χ1) is 15.5. The van der Waals surface area contributed by atoms with Crippen molar-refractivity contribution in [1.82, 2.24) is 20.1 Å². The van der Waals surface area contributed by atoms with Gasteiger partial charge in [0.2, 0.25) is 5.82 Å². The van der Waals surface area contributed by atoms with Gasteiger partial charge in [0.05, 0.1) is 13.2 Å². The van der Waals surface area contributed by atoms with Crippen molar-refractivity contribution in [3.05, 3.63) is 71.1 Å². The summed E-state index contributed by atoms with van der Waals surface area (Å²) in [5.74, 6) is -1.18. The zero-order valence-electron chi connectivity index (χ0n) is 17.2. The van der Waals surface area contributed by atoms with Crippen LogP contribution in [0.2, 0.25) is 0 Å². The number of aryl methyl sites for hydroxylation is 1. The molecule has 0 saturated carbocycles. The van der Waals surface area contributed by atoms with Crippen molar-refractivity contribution in [3.8, 4) is 5.75 Å². The highest BCUT2D eigenvalue weighted by molar-refractivity contribution is 6.01. The standard InChI is InChI=1S/C22H20FN5O4/c1-12-9-14(23)17-16(10-12)32-11-15(21(29)25-17)24-22(30)19-26-20-18(13-5-3-2-4-6-13)31-8-7-28(20)27-19/h2-6,9-10,15,18H,7-8,11H2,1H3,(H,24,30)(H,25,29)/t15-,18+/m0/s1. The van der Waals surface area contributed by atoms with Crippen molar-refractivity contribution >= 4 is 17.5 Å².